The second-order valence-electron chi connectivity index (χ2n) is 7.37. The fourth-order valence-corrected chi connectivity index (χ4v) is 2.04. The fraction of sp³-hybridized carbons (Fsp3) is 0.588. The molecule has 1 aromatic carbocycles. The number of nitrogens with two attached hydrogens (primary N) is 1. The van der Waals surface area contributed by atoms with Crippen LogP contribution in [0.25, 0.3) is 0 Å². The maximum Gasteiger partial charge on any atom is 0.155 e. The average molecular weight is 261 g/mol. The van der Waals surface area contributed by atoms with Crippen LogP contribution < -0.4 is 5.73 Å². The third-order valence-corrected chi connectivity index (χ3v) is 3.35. The first-order valence-electron chi connectivity index (χ1n) is 6.91. The van der Waals surface area contributed by atoms with E-state index in [0.29, 0.717) is 6.42 Å². The highest BCUT2D eigenvalue weighted by Crippen LogP contribution is 2.23. The van der Waals surface area contributed by atoms with Crippen LogP contribution in [-0.4, -0.2) is 11.8 Å². The van der Waals surface area contributed by atoms with Crippen LogP contribution in [0.5, 0.6) is 0 Å². The highest BCUT2D eigenvalue weighted by Gasteiger charge is 2.27. The molecule has 0 spiro atoms. The summed E-state index contributed by atoms with van der Waals surface area (Å²) >= 11 is 0. The molecule has 1 atom stereocenters. The van der Waals surface area contributed by atoms with Crippen molar-refractivity contribution in [3.8, 4) is 0 Å². The third kappa shape index (κ3) is 4.46. The number of benzene rings is 1. The highest BCUT2D eigenvalue weighted by atomic mass is 16.1. The van der Waals surface area contributed by atoms with Gasteiger partial charge in [-0.2, -0.15) is 0 Å². The van der Waals surface area contributed by atoms with Gasteiger partial charge in [-0.15, -0.1) is 0 Å². The Morgan fingerprint density at radius 2 is 1.53 bits per heavy atom. The molecule has 0 radical (unpaired) electrons. The van der Waals surface area contributed by atoms with Crippen LogP contribution in [-0.2, 0) is 16.6 Å². The zero-order valence-corrected chi connectivity index (χ0v) is 13.1. The summed E-state index contributed by atoms with van der Waals surface area (Å²) in [4.78, 5) is 12.1. The molecule has 106 valence electrons. The van der Waals surface area contributed by atoms with Crippen molar-refractivity contribution in [2.24, 2.45) is 11.1 Å². The lowest BCUT2D eigenvalue weighted by Gasteiger charge is -2.22. The zero-order chi connectivity index (χ0) is 14.8. The Labute approximate surface area is 117 Å². The molecule has 0 aliphatic rings. The van der Waals surface area contributed by atoms with Crippen molar-refractivity contribution in [1.29, 1.82) is 0 Å². The lowest BCUT2D eigenvalue weighted by Crippen LogP contribution is -2.40. The topological polar surface area (TPSA) is 43.1 Å². The molecule has 0 heterocycles. The van der Waals surface area contributed by atoms with Gasteiger partial charge in [0.05, 0.1) is 6.04 Å². The van der Waals surface area contributed by atoms with Crippen molar-refractivity contribution in [3.63, 3.8) is 0 Å². The van der Waals surface area contributed by atoms with Crippen molar-refractivity contribution >= 4 is 5.78 Å². The van der Waals surface area contributed by atoms with Gasteiger partial charge in [0.15, 0.2) is 5.78 Å². The van der Waals surface area contributed by atoms with E-state index in [9.17, 15) is 4.79 Å². The molecule has 2 N–H and O–H groups in total. The van der Waals surface area contributed by atoms with E-state index in [4.69, 9.17) is 5.73 Å². The second-order valence-corrected chi connectivity index (χ2v) is 7.37. The molecule has 1 unspecified atom stereocenters. The summed E-state index contributed by atoms with van der Waals surface area (Å²) in [7, 11) is 0. The molecule has 0 amide bonds. The van der Waals surface area contributed by atoms with Crippen LogP contribution in [0.2, 0.25) is 0 Å². The van der Waals surface area contributed by atoms with Crippen LogP contribution in [0.4, 0.5) is 0 Å². The van der Waals surface area contributed by atoms with Gasteiger partial charge in [-0.1, -0.05) is 65.8 Å². The molecule has 0 bridgehead atoms. The quantitative estimate of drug-likeness (QED) is 0.905. The first-order valence-corrected chi connectivity index (χ1v) is 6.91. The first kappa shape index (κ1) is 15.9. The van der Waals surface area contributed by atoms with Crippen molar-refractivity contribution < 1.29 is 4.79 Å². The number of carbonyl (C=O) groups excluding carboxylic acids is 1. The van der Waals surface area contributed by atoms with Gasteiger partial charge < -0.3 is 5.73 Å². The summed E-state index contributed by atoms with van der Waals surface area (Å²) in [5.41, 5.74) is 8.22. The maximum atomic E-state index is 12.1. The van der Waals surface area contributed by atoms with E-state index in [0.717, 1.165) is 5.56 Å². The molecule has 1 aromatic rings. The number of hydrogen-bond acceptors (Lipinski definition) is 2. The molecule has 1 rings (SSSR count). The Hall–Kier alpha value is -1.15. The Bertz CT molecular complexity index is 432. The lowest BCUT2D eigenvalue weighted by molar-refractivity contribution is -0.127. The van der Waals surface area contributed by atoms with E-state index < -0.39 is 6.04 Å². The normalized spacial score (nSPS) is 14.3. The van der Waals surface area contributed by atoms with E-state index in [2.05, 4.69) is 45.0 Å². The predicted molar refractivity (Wildman–Crippen MR) is 81.3 cm³/mol. The van der Waals surface area contributed by atoms with Crippen LogP contribution in [0.1, 0.15) is 52.7 Å². The van der Waals surface area contributed by atoms with Gasteiger partial charge in [-0.25, -0.2) is 0 Å². The van der Waals surface area contributed by atoms with Gasteiger partial charge in [-0.05, 0) is 23.0 Å². The van der Waals surface area contributed by atoms with Gasteiger partial charge >= 0.3 is 0 Å². The summed E-state index contributed by atoms with van der Waals surface area (Å²) in [6.45, 7) is 12.3. The molecule has 0 aliphatic carbocycles. The average Bonchev–Trinajstić information content (AvgIpc) is 2.26. The number of Topliss-reactive ketones (excluding diaryl/α,β-unsaturated/α-hetero) is 1. The summed E-state index contributed by atoms with van der Waals surface area (Å²) in [5, 5.41) is 0. The maximum absolute atomic E-state index is 12.1. The SMILES string of the molecule is CC(C)(C)C(=O)C(N)Cc1ccc(C(C)(C)C)cc1. The summed E-state index contributed by atoms with van der Waals surface area (Å²) in [5.74, 6) is 0.118. The minimum Gasteiger partial charge on any atom is -0.321 e. The molecule has 0 aliphatic heterocycles. The monoisotopic (exact) mass is 261 g/mol. The minimum absolute atomic E-state index is 0.118. The predicted octanol–water partition coefficient (Wildman–Crippen LogP) is 3.47. The van der Waals surface area contributed by atoms with Gasteiger partial charge in [-0.3, -0.25) is 4.79 Å². The molecule has 0 fully saturated rings. The minimum atomic E-state index is -0.416. The standard InChI is InChI=1S/C17H27NO/c1-16(2,3)13-9-7-12(8-10-13)11-14(18)15(19)17(4,5)6/h7-10,14H,11,18H2,1-6H3. The van der Waals surface area contributed by atoms with Gasteiger partial charge in [0.1, 0.15) is 0 Å². The third-order valence-electron chi connectivity index (χ3n) is 3.35. The van der Waals surface area contributed by atoms with Crippen LogP contribution in [0, 0.1) is 5.41 Å². The van der Waals surface area contributed by atoms with Crippen molar-refractivity contribution in [2.45, 2.75) is 59.4 Å². The Morgan fingerprint density at radius 1 is 1.05 bits per heavy atom. The van der Waals surface area contributed by atoms with E-state index >= 15 is 0 Å². The number of hydrogen-bond donors (Lipinski definition) is 1. The van der Waals surface area contributed by atoms with Gasteiger partial charge in [0, 0.05) is 5.41 Å². The van der Waals surface area contributed by atoms with Crippen molar-refractivity contribution in [2.75, 3.05) is 0 Å². The largest absolute Gasteiger partial charge is 0.321 e. The molecule has 2 heteroatoms. The molecule has 0 saturated heterocycles. The molecule has 19 heavy (non-hydrogen) atoms. The van der Waals surface area contributed by atoms with Crippen LogP contribution in [0.3, 0.4) is 0 Å². The van der Waals surface area contributed by atoms with Gasteiger partial charge in [0.25, 0.3) is 0 Å². The Kier molecular flexibility index (Phi) is 4.57. The number of rotatable bonds is 3. The van der Waals surface area contributed by atoms with E-state index in [1.54, 1.807) is 0 Å². The summed E-state index contributed by atoms with van der Waals surface area (Å²) < 4.78 is 0. The molecular formula is C17H27NO. The molecule has 0 saturated carbocycles. The van der Waals surface area contributed by atoms with Crippen LogP contribution in [0.15, 0.2) is 24.3 Å². The second kappa shape index (κ2) is 5.46. The van der Waals surface area contributed by atoms with Crippen molar-refractivity contribution in [1.82, 2.24) is 0 Å². The molecular weight excluding hydrogens is 234 g/mol. The number of carbonyl (C=O) groups is 1. The van der Waals surface area contributed by atoms with E-state index in [1.165, 1.54) is 5.56 Å². The van der Waals surface area contributed by atoms with Gasteiger partial charge in [0.2, 0.25) is 0 Å². The molecule has 2 nitrogen and oxygen atoms in total. The Balaban J connectivity index is 2.77. The Morgan fingerprint density at radius 3 is 1.89 bits per heavy atom. The molecule has 0 aromatic heterocycles. The zero-order valence-electron chi connectivity index (χ0n) is 13.1. The summed E-state index contributed by atoms with van der Waals surface area (Å²) in [6, 6.07) is 8.00. The first-order chi connectivity index (χ1) is 8.51. The highest BCUT2D eigenvalue weighted by molar-refractivity contribution is 5.88. The van der Waals surface area contributed by atoms with E-state index in [-0.39, 0.29) is 16.6 Å². The van der Waals surface area contributed by atoms with Crippen LogP contribution >= 0.6 is 0 Å². The van der Waals surface area contributed by atoms with Crippen molar-refractivity contribution in [3.05, 3.63) is 35.4 Å². The smallest absolute Gasteiger partial charge is 0.155 e. The fourth-order valence-electron chi connectivity index (χ4n) is 2.04. The van der Waals surface area contributed by atoms with E-state index in [1.807, 2.05) is 20.8 Å². The number of ketones is 1. The lowest BCUT2D eigenvalue weighted by atomic mass is 9.83. The summed E-state index contributed by atoms with van der Waals surface area (Å²) in [6.07, 6.45) is 0.612.